The van der Waals surface area contributed by atoms with E-state index in [-0.39, 0.29) is 5.82 Å². The number of hydrogen-bond acceptors (Lipinski definition) is 4. The van der Waals surface area contributed by atoms with Crippen LogP contribution in [0.4, 0.5) is 13.2 Å². The first-order valence-electron chi connectivity index (χ1n) is 6.94. The number of benzene rings is 1. The lowest BCUT2D eigenvalue weighted by molar-refractivity contribution is -0.159. The average Bonchev–Trinajstić information content (AvgIpc) is 3.08. The standard InChI is InChI=1S/C15H12ClF3N4O/c1-8-6-23(9(2)20-8)7-11-4-3-10(5-12(11)16)13-21-14(24-22-13)15(17,18)19/h3-6H,7H2,1-2H3. The number of aryl methyl sites for hydroxylation is 2. The van der Waals surface area contributed by atoms with Crippen LogP contribution in [-0.4, -0.2) is 19.7 Å². The average molecular weight is 357 g/mol. The van der Waals surface area contributed by atoms with Crippen LogP contribution >= 0.6 is 11.6 Å². The fraction of sp³-hybridized carbons (Fsp3) is 0.267. The summed E-state index contributed by atoms with van der Waals surface area (Å²) < 4.78 is 43.7. The summed E-state index contributed by atoms with van der Waals surface area (Å²) in [4.78, 5) is 7.66. The van der Waals surface area contributed by atoms with Crippen molar-refractivity contribution in [1.29, 1.82) is 0 Å². The Kier molecular flexibility index (Phi) is 4.08. The summed E-state index contributed by atoms with van der Waals surface area (Å²) in [5.41, 5.74) is 2.05. The van der Waals surface area contributed by atoms with Gasteiger partial charge < -0.3 is 9.09 Å². The maximum Gasteiger partial charge on any atom is 0.471 e. The molecule has 126 valence electrons. The maximum atomic E-state index is 12.5. The SMILES string of the molecule is Cc1cn(Cc2ccc(-c3noc(C(F)(F)F)n3)cc2Cl)c(C)n1. The molecule has 0 bridgehead atoms. The van der Waals surface area contributed by atoms with Gasteiger partial charge in [-0.3, -0.25) is 0 Å². The molecule has 0 N–H and O–H groups in total. The molecule has 5 nitrogen and oxygen atoms in total. The van der Waals surface area contributed by atoms with E-state index in [1.165, 1.54) is 6.07 Å². The lowest BCUT2D eigenvalue weighted by Gasteiger charge is -2.08. The van der Waals surface area contributed by atoms with E-state index in [1.54, 1.807) is 12.1 Å². The van der Waals surface area contributed by atoms with Crippen LogP contribution in [0, 0.1) is 13.8 Å². The van der Waals surface area contributed by atoms with Crippen molar-refractivity contribution in [2.75, 3.05) is 0 Å². The molecule has 9 heteroatoms. The van der Waals surface area contributed by atoms with Crippen LogP contribution in [0.5, 0.6) is 0 Å². The zero-order chi connectivity index (χ0) is 17.5. The molecular weight excluding hydrogens is 345 g/mol. The van der Waals surface area contributed by atoms with Crippen LogP contribution in [0.3, 0.4) is 0 Å². The van der Waals surface area contributed by atoms with Gasteiger partial charge in [0.25, 0.3) is 0 Å². The van der Waals surface area contributed by atoms with Crippen LogP contribution in [-0.2, 0) is 12.7 Å². The molecule has 2 heterocycles. The molecule has 24 heavy (non-hydrogen) atoms. The van der Waals surface area contributed by atoms with Crippen molar-refractivity contribution in [3.8, 4) is 11.4 Å². The summed E-state index contributed by atoms with van der Waals surface area (Å²) >= 11 is 6.24. The highest BCUT2D eigenvalue weighted by Crippen LogP contribution is 2.30. The Morgan fingerprint density at radius 1 is 1.21 bits per heavy atom. The molecule has 0 saturated carbocycles. The monoisotopic (exact) mass is 356 g/mol. The van der Waals surface area contributed by atoms with Crippen molar-refractivity contribution in [2.24, 2.45) is 0 Å². The zero-order valence-electron chi connectivity index (χ0n) is 12.7. The van der Waals surface area contributed by atoms with Crippen molar-refractivity contribution < 1.29 is 17.7 Å². The number of alkyl halides is 3. The van der Waals surface area contributed by atoms with Crippen molar-refractivity contribution >= 4 is 11.6 Å². The minimum atomic E-state index is -4.67. The minimum Gasteiger partial charge on any atom is -0.330 e. The molecule has 0 fully saturated rings. The Morgan fingerprint density at radius 2 is 1.96 bits per heavy atom. The number of halogens is 4. The van der Waals surface area contributed by atoms with E-state index in [9.17, 15) is 13.2 Å². The van der Waals surface area contributed by atoms with Crippen molar-refractivity contribution in [3.05, 3.63) is 52.4 Å². The highest BCUT2D eigenvalue weighted by atomic mass is 35.5. The Labute approximate surface area is 140 Å². The summed E-state index contributed by atoms with van der Waals surface area (Å²) in [6.45, 7) is 4.28. The third kappa shape index (κ3) is 3.28. The van der Waals surface area contributed by atoms with Crippen LogP contribution < -0.4 is 0 Å². The lowest BCUT2D eigenvalue weighted by atomic mass is 10.1. The lowest BCUT2D eigenvalue weighted by Crippen LogP contribution is -2.04. The van der Waals surface area contributed by atoms with E-state index in [1.807, 2.05) is 24.6 Å². The molecule has 0 aliphatic rings. The van der Waals surface area contributed by atoms with Gasteiger partial charge in [-0.25, -0.2) is 4.98 Å². The van der Waals surface area contributed by atoms with Gasteiger partial charge in [0.2, 0.25) is 5.82 Å². The predicted molar refractivity (Wildman–Crippen MR) is 80.5 cm³/mol. The van der Waals surface area contributed by atoms with Crippen molar-refractivity contribution in [1.82, 2.24) is 19.7 Å². The van der Waals surface area contributed by atoms with Gasteiger partial charge in [0.1, 0.15) is 5.82 Å². The molecule has 1 aromatic carbocycles. The number of aromatic nitrogens is 4. The van der Waals surface area contributed by atoms with Crippen molar-refractivity contribution in [2.45, 2.75) is 26.6 Å². The van der Waals surface area contributed by atoms with Gasteiger partial charge in [-0.2, -0.15) is 18.2 Å². The Bertz CT molecular complexity index is 885. The summed E-state index contributed by atoms with van der Waals surface area (Å²) in [5, 5.41) is 3.74. The smallest absolute Gasteiger partial charge is 0.330 e. The highest BCUT2D eigenvalue weighted by Gasteiger charge is 2.38. The van der Waals surface area contributed by atoms with E-state index < -0.39 is 12.1 Å². The van der Waals surface area contributed by atoms with E-state index in [2.05, 4.69) is 19.6 Å². The molecule has 0 unspecified atom stereocenters. The third-order valence-corrected chi connectivity index (χ3v) is 3.77. The second-order valence-corrected chi connectivity index (χ2v) is 5.69. The van der Waals surface area contributed by atoms with Gasteiger partial charge in [0.05, 0.1) is 12.2 Å². The quantitative estimate of drug-likeness (QED) is 0.703. The van der Waals surface area contributed by atoms with E-state index in [0.717, 1.165) is 17.1 Å². The van der Waals surface area contributed by atoms with Crippen LogP contribution in [0.2, 0.25) is 5.02 Å². The first-order valence-corrected chi connectivity index (χ1v) is 7.32. The van der Waals surface area contributed by atoms with Gasteiger partial charge in [0.15, 0.2) is 0 Å². The van der Waals surface area contributed by atoms with Gasteiger partial charge in [-0.15, -0.1) is 0 Å². The van der Waals surface area contributed by atoms with Crippen LogP contribution in [0.25, 0.3) is 11.4 Å². The number of nitrogens with zero attached hydrogens (tertiary/aromatic N) is 4. The Morgan fingerprint density at radius 3 is 2.50 bits per heavy atom. The molecule has 0 radical (unpaired) electrons. The maximum absolute atomic E-state index is 12.5. The molecule has 0 saturated heterocycles. The first-order chi connectivity index (χ1) is 11.2. The Hall–Kier alpha value is -2.35. The second-order valence-electron chi connectivity index (χ2n) is 5.28. The fourth-order valence-electron chi connectivity index (χ4n) is 2.28. The first kappa shape index (κ1) is 16.5. The second kappa shape index (κ2) is 5.94. The summed E-state index contributed by atoms with van der Waals surface area (Å²) in [6.07, 6.45) is -2.78. The highest BCUT2D eigenvalue weighted by molar-refractivity contribution is 6.31. The van der Waals surface area contributed by atoms with Crippen LogP contribution in [0.15, 0.2) is 28.9 Å². The molecule has 3 rings (SSSR count). The molecule has 0 aliphatic heterocycles. The number of rotatable bonds is 3. The Balaban J connectivity index is 1.87. The minimum absolute atomic E-state index is 0.162. The molecule has 0 spiro atoms. The molecular formula is C15H12ClF3N4O. The van der Waals surface area contributed by atoms with Gasteiger partial charge in [-0.1, -0.05) is 28.9 Å². The molecule has 3 aromatic rings. The van der Waals surface area contributed by atoms with E-state index >= 15 is 0 Å². The molecule has 0 atom stereocenters. The van der Waals surface area contributed by atoms with Gasteiger partial charge in [-0.05, 0) is 25.5 Å². The summed E-state index contributed by atoms with van der Waals surface area (Å²) in [6, 6.07) is 4.84. The van der Waals surface area contributed by atoms with Crippen molar-refractivity contribution in [3.63, 3.8) is 0 Å². The molecule has 0 amide bonds. The number of hydrogen-bond donors (Lipinski definition) is 0. The largest absolute Gasteiger partial charge is 0.471 e. The van der Waals surface area contributed by atoms with Gasteiger partial charge >= 0.3 is 12.1 Å². The molecule has 2 aromatic heterocycles. The van der Waals surface area contributed by atoms with E-state index in [4.69, 9.17) is 11.6 Å². The molecule has 0 aliphatic carbocycles. The predicted octanol–water partition coefficient (Wildman–Crippen LogP) is 4.27. The van der Waals surface area contributed by atoms with E-state index in [0.29, 0.717) is 17.1 Å². The van der Waals surface area contributed by atoms with Gasteiger partial charge in [0, 0.05) is 16.8 Å². The van der Waals surface area contributed by atoms with Crippen LogP contribution in [0.1, 0.15) is 23.0 Å². The fourth-order valence-corrected chi connectivity index (χ4v) is 2.52. The topological polar surface area (TPSA) is 56.7 Å². The third-order valence-electron chi connectivity index (χ3n) is 3.42. The normalized spacial score (nSPS) is 11.9. The zero-order valence-corrected chi connectivity index (χ0v) is 13.5. The summed E-state index contributed by atoms with van der Waals surface area (Å²) in [5.74, 6) is -0.701. The summed E-state index contributed by atoms with van der Waals surface area (Å²) in [7, 11) is 0. The number of imidazole rings is 1.